The molecule has 1 aromatic carbocycles. The largest absolute Gasteiger partial charge is 0.398 e. The second-order valence-electron chi connectivity index (χ2n) is 4.80. The minimum absolute atomic E-state index is 0.854. The molecule has 1 fully saturated rings. The quantitative estimate of drug-likeness (QED) is 0.809. The lowest BCUT2D eigenvalue weighted by Gasteiger charge is -2.25. The van der Waals surface area contributed by atoms with Gasteiger partial charge in [-0.1, -0.05) is 0 Å². The number of benzene rings is 1. The van der Waals surface area contributed by atoms with Crippen LogP contribution < -0.4 is 10.6 Å². The Morgan fingerprint density at radius 1 is 1.18 bits per heavy atom. The van der Waals surface area contributed by atoms with E-state index in [9.17, 15) is 0 Å². The highest BCUT2D eigenvalue weighted by molar-refractivity contribution is 9.10. The minimum atomic E-state index is 0.854. The lowest BCUT2D eigenvalue weighted by molar-refractivity contribution is 0.360. The maximum Gasteiger partial charge on any atom is 0.0515 e. The summed E-state index contributed by atoms with van der Waals surface area (Å²) in [6.45, 7) is 6.57. The van der Waals surface area contributed by atoms with Crippen LogP contribution in [0.1, 0.15) is 12.0 Å². The van der Waals surface area contributed by atoms with E-state index < -0.39 is 0 Å². The Bertz CT molecular complexity index is 406. The zero-order chi connectivity index (χ0) is 12.4. The molecule has 0 spiro atoms. The van der Waals surface area contributed by atoms with Crippen LogP contribution in [-0.2, 0) is 0 Å². The third-order valence-electron chi connectivity index (χ3n) is 3.40. The molecule has 0 atom stereocenters. The molecule has 1 aromatic rings. The van der Waals surface area contributed by atoms with Crippen LogP contribution in [-0.4, -0.2) is 38.1 Å². The van der Waals surface area contributed by atoms with Gasteiger partial charge in [0, 0.05) is 29.8 Å². The van der Waals surface area contributed by atoms with Crippen LogP contribution in [0, 0.1) is 6.92 Å². The standard InChI is InChI=1S/C13H20BrN3/c1-10-8-13(11(14)9-12(10)15)17-5-3-4-16(2)6-7-17/h8-9H,3-7,15H2,1-2H3. The van der Waals surface area contributed by atoms with Crippen molar-refractivity contribution in [3.05, 3.63) is 22.2 Å². The Balaban J connectivity index is 2.24. The average molecular weight is 298 g/mol. The van der Waals surface area contributed by atoms with Gasteiger partial charge in [-0.3, -0.25) is 0 Å². The average Bonchev–Trinajstić information content (AvgIpc) is 2.49. The Hall–Kier alpha value is -0.740. The number of hydrogen-bond donors (Lipinski definition) is 1. The Labute approximate surface area is 112 Å². The van der Waals surface area contributed by atoms with E-state index in [-0.39, 0.29) is 0 Å². The third kappa shape index (κ3) is 2.93. The molecule has 1 aliphatic heterocycles. The van der Waals surface area contributed by atoms with Gasteiger partial charge in [-0.05, 0) is 60.6 Å². The second-order valence-corrected chi connectivity index (χ2v) is 5.66. The van der Waals surface area contributed by atoms with Crippen molar-refractivity contribution in [3.8, 4) is 0 Å². The summed E-state index contributed by atoms with van der Waals surface area (Å²) in [5.74, 6) is 0. The predicted molar refractivity (Wildman–Crippen MR) is 77.6 cm³/mol. The molecule has 2 N–H and O–H groups in total. The summed E-state index contributed by atoms with van der Waals surface area (Å²) in [7, 11) is 2.19. The molecule has 0 amide bonds. The van der Waals surface area contributed by atoms with Crippen molar-refractivity contribution in [3.63, 3.8) is 0 Å². The van der Waals surface area contributed by atoms with Crippen molar-refractivity contribution >= 4 is 27.3 Å². The highest BCUT2D eigenvalue weighted by Gasteiger charge is 2.15. The SMILES string of the molecule is Cc1cc(N2CCCN(C)CC2)c(Br)cc1N. The smallest absolute Gasteiger partial charge is 0.0515 e. The van der Waals surface area contributed by atoms with Crippen LogP contribution in [0.4, 0.5) is 11.4 Å². The molecule has 1 heterocycles. The highest BCUT2D eigenvalue weighted by atomic mass is 79.9. The van der Waals surface area contributed by atoms with Crippen LogP contribution in [0.25, 0.3) is 0 Å². The fraction of sp³-hybridized carbons (Fsp3) is 0.538. The van der Waals surface area contributed by atoms with E-state index in [4.69, 9.17) is 5.73 Å². The zero-order valence-electron chi connectivity index (χ0n) is 10.5. The van der Waals surface area contributed by atoms with Crippen molar-refractivity contribution in [2.75, 3.05) is 43.9 Å². The van der Waals surface area contributed by atoms with E-state index in [1.165, 1.54) is 18.7 Å². The Kier molecular flexibility index (Phi) is 3.94. The molecule has 0 aliphatic carbocycles. The summed E-state index contributed by atoms with van der Waals surface area (Å²) in [6.07, 6.45) is 1.21. The first-order valence-electron chi connectivity index (χ1n) is 6.07. The molecule has 1 aliphatic rings. The van der Waals surface area contributed by atoms with Crippen molar-refractivity contribution in [1.82, 2.24) is 4.90 Å². The number of nitrogens with zero attached hydrogens (tertiary/aromatic N) is 2. The van der Waals surface area contributed by atoms with Crippen molar-refractivity contribution in [2.45, 2.75) is 13.3 Å². The van der Waals surface area contributed by atoms with Gasteiger partial charge < -0.3 is 15.5 Å². The van der Waals surface area contributed by atoms with E-state index >= 15 is 0 Å². The van der Waals surface area contributed by atoms with Crippen molar-refractivity contribution in [2.24, 2.45) is 0 Å². The summed E-state index contributed by atoms with van der Waals surface area (Å²) in [5, 5.41) is 0. The highest BCUT2D eigenvalue weighted by Crippen LogP contribution is 2.31. The van der Waals surface area contributed by atoms with E-state index in [1.54, 1.807) is 0 Å². The summed E-state index contributed by atoms with van der Waals surface area (Å²) >= 11 is 3.62. The molecule has 0 saturated carbocycles. The molecule has 0 unspecified atom stereocenters. The lowest BCUT2D eigenvalue weighted by Crippen LogP contribution is -2.29. The zero-order valence-corrected chi connectivity index (χ0v) is 12.1. The number of nitrogen functional groups attached to an aromatic ring is 1. The monoisotopic (exact) mass is 297 g/mol. The fourth-order valence-corrected chi connectivity index (χ4v) is 2.82. The lowest BCUT2D eigenvalue weighted by atomic mass is 10.1. The molecule has 0 radical (unpaired) electrons. The molecule has 2 rings (SSSR count). The summed E-state index contributed by atoms with van der Waals surface area (Å²) in [6, 6.07) is 4.20. The minimum Gasteiger partial charge on any atom is -0.398 e. The first-order valence-corrected chi connectivity index (χ1v) is 6.86. The number of likely N-dealkylation sites (N-methyl/N-ethyl adjacent to an activating group) is 1. The number of hydrogen-bond acceptors (Lipinski definition) is 3. The maximum absolute atomic E-state index is 5.92. The van der Waals surface area contributed by atoms with Gasteiger partial charge in [-0.2, -0.15) is 0 Å². The van der Waals surface area contributed by atoms with Gasteiger partial charge in [0.1, 0.15) is 0 Å². The third-order valence-corrected chi connectivity index (χ3v) is 4.03. The van der Waals surface area contributed by atoms with Crippen molar-refractivity contribution in [1.29, 1.82) is 0 Å². The predicted octanol–water partition coefficient (Wildman–Crippen LogP) is 2.48. The topological polar surface area (TPSA) is 32.5 Å². The molecule has 4 heteroatoms. The van der Waals surface area contributed by atoms with Crippen LogP contribution in [0.2, 0.25) is 0 Å². The van der Waals surface area contributed by atoms with Gasteiger partial charge in [-0.15, -0.1) is 0 Å². The summed E-state index contributed by atoms with van der Waals surface area (Å²) in [4.78, 5) is 4.83. The van der Waals surface area contributed by atoms with Crippen molar-refractivity contribution < 1.29 is 0 Å². The first-order chi connectivity index (χ1) is 8.08. The van der Waals surface area contributed by atoms with Gasteiger partial charge in [0.05, 0.1) is 5.69 Å². The summed E-state index contributed by atoms with van der Waals surface area (Å²) < 4.78 is 1.10. The fourth-order valence-electron chi connectivity index (χ4n) is 2.21. The van der Waals surface area contributed by atoms with Crippen LogP contribution in [0.15, 0.2) is 16.6 Å². The normalized spacial score (nSPS) is 18.2. The molecule has 17 heavy (non-hydrogen) atoms. The van der Waals surface area contributed by atoms with Crippen LogP contribution in [0.5, 0.6) is 0 Å². The summed E-state index contributed by atoms with van der Waals surface area (Å²) in [5.41, 5.74) is 9.19. The van der Waals surface area contributed by atoms with E-state index in [1.807, 2.05) is 6.07 Å². The molecular formula is C13H20BrN3. The number of halogens is 1. The number of aryl methyl sites for hydroxylation is 1. The van der Waals surface area contributed by atoms with E-state index in [2.05, 4.69) is 45.8 Å². The first kappa shape index (κ1) is 12.7. The number of rotatable bonds is 1. The van der Waals surface area contributed by atoms with Gasteiger partial charge >= 0.3 is 0 Å². The number of anilines is 2. The molecular weight excluding hydrogens is 278 g/mol. The maximum atomic E-state index is 5.92. The van der Waals surface area contributed by atoms with Gasteiger partial charge in [-0.25, -0.2) is 0 Å². The second kappa shape index (κ2) is 5.27. The molecule has 0 bridgehead atoms. The molecule has 0 aromatic heterocycles. The van der Waals surface area contributed by atoms with E-state index in [0.29, 0.717) is 0 Å². The molecule has 94 valence electrons. The Morgan fingerprint density at radius 2 is 1.94 bits per heavy atom. The van der Waals surface area contributed by atoms with Gasteiger partial charge in [0.15, 0.2) is 0 Å². The number of nitrogens with two attached hydrogens (primary N) is 1. The van der Waals surface area contributed by atoms with Crippen LogP contribution >= 0.6 is 15.9 Å². The van der Waals surface area contributed by atoms with Gasteiger partial charge in [0.2, 0.25) is 0 Å². The molecule has 3 nitrogen and oxygen atoms in total. The van der Waals surface area contributed by atoms with Crippen LogP contribution in [0.3, 0.4) is 0 Å². The molecule has 1 saturated heterocycles. The van der Waals surface area contributed by atoms with Gasteiger partial charge in [0.25, 0.3) is 0 Å². The van der Waals surface area contributed by atoms with E-state index in [0.717, 1.165) is 35.4 Å². The Morgan fingerprint density at radius 3 is 2.71 bits per heavy atom.